The quantitative estimate of drug-likeness (QED) is 0.0411. The Morgan fingerprint density at radius 2 is 1.22 bits per heavy atom. The van der Waals surface area contributed by atoms with Crippen molar-refractivity contribution in [1.29, 1.82) is 0 Å². The molecule has 5 atom stereocenters. The first-order valence-corrected chi connectivity index (χ1v) is 30.8. The first-order valence-electron chi connectivity index (χ1n) is 30.0. The third-order valence-corrected chi connectivity index (χ3v) is 16.5. The summed E-state index contributed by atoms with van der Waals surface area (Å²) in [5, 5.41) is 22.7. The minimum absolute atomic E-state index is 0.0291. The monoisotopic (exact) mass is 1230 g/mol. The Bertz CT molecular complexity index is 2960. The molecule has 480 valence electrons. The van der Waals surface area contributed by atoms with Crippen LogP contribution >= 0.6 is 11.3 Å². The van der Waals surface area contributed by atoms with E-state index in [0.29, 0.717) is 34.6 Å². The number of carbonyl (C=O) groups excluding carboxylic acids is 10. The van der Waals surface area contributed by atoms with E-state index < -0.39 is 106 Å². The van der Waals surface area contributed by atoms with Gasteiger partial charge in [0.1, 0.15) is 58.6 Å². The number of aromatic nitrogens is 1. The van der Waals surface area contributed by atoms with Crippen LogP contribution in [0.2, 0.25) is 0 Å². The molecule has 25 heteroatoms. The second kappa shape index (κ2) is 30.2. The number of likely N-dealkylation sites (tertiary alicyclic amines) is 1. The van der Waals surface area contributed by atoms with Gasteiger partial charge < -0.3 is 57.2 Å². The lowest BCUT2D eigenvalue weighted by molar-refractivity contribution is -0.140. The van der Waals surface area contributed by atoms with Crippen LogP contribution in [0.4, 0.5) is 8.78 Å². The predicted molar refractivity (Wildman–Crippen MR) is 327 cm³/mol. The second-order valence-corrected chi connectivity index (χ2v) is 27.5. The summed E-state index contributed by atoms with van der Waals surface area (Å²) in [5.41, 5.74) is -4.49. The van der Waals surface area contributed by atoms with Crippen molar-refractivity contribution in [1.82, 2.24) is 62.2 Å². The summed E-state index contributed by atoms with van der Waals surface area (Å²) in [6.45, 7) is 20.7. The summed E-state index contributed by atoms with van der Waals surface area (Å²) in [6, 6.07) is 3.87. The number of likely N-dealkylation sites (N-methyl/N-ethyl adjacent to an activating group) is 1. The van der Waals surface area contributed by atoms with Gasteiger partial charge in [-0.2, -0.15) is 0 Å². The third kappa shape index (κ3) is 19.9. The van der Waals surface area contributed by atoms with Gasteiger partial charge in [0.05, 0.1) is 20.8 Å². The Hall–Kier alpha value is -7.15. The number of amides is 10. The van der Waals surface area contributed by atoms with Crippen molar-refractivity contribution in [2.45, 2.75) is 200 Å². The Kier molecular flexibility index (Phi) is 24.5. The zero-order valence-electron chi connectivity index (χ0n) is 53.0. The number of hydrogen-bond acceptors (Lipinski definition) is 13. The van der Waals surface area contributed by atoms with Gasteiger partial charge in [-0.05, 0) is 167 Å². The number of rotatable bonds is 31. The summed E-state index contributed by atoms with van der Waals surface area (Å²) in [5.74, 6) is -7.29. The molecule has 0 unspecified atom stereocenters. The number of hydrogen-bond donors (Lipinski definition) is 8. The number of benzene rings is 2. The zero-order chi connectivity index (χ0) is 64.9. The van der Waals surface area contributed by atoms with Gasteiger partial charge >= 0.3 is 0 Å². The van der Waals surface area contributed by atoms with Crippen molar-refractivity contribution >= 4 is 81.1 Å². The van der Waals surface area contributed by atoms with Gasteiger partial charge in [0.15, 0.2) is 0 Å². The number of carbonyl (C=O) groups is 10. The molecule has 0 radical (unpaired) electrons. The second-order valence-electron chi connectivity index (χ2n) is 26.4. The normalized spacial score (nSPS) is 16.5. The van der Waals surface area contributed by atoms with Gasteiger partial charge in [-0.25, -0.2) is 13.8 Å². The fraction of sp³-hybridized carbons (Fsp3) is 0.629. The van der Waals surface area contributed by atoms with Crippen molar-refractivity contribution in [3.63, 3.8) is 0 Å². The van der Waals surface area contributed by atoms with Crippen LogP contribution in [0, 0.1) is 29.4 Å². The smallest absolute Gasteiger partial charge is 0.255 e. The van der Waals surface area contributed by atoms with Crippen LogP contribution in [0.15, 0.2) is 42.5 Å². The van der Waals surface area contributed by atoms with Crippen LogP contribution in [0.1, 0.15) is 156 Å². The summed E-state index contributed by atoms with van der Waals surface area (Å²) in [6.07, 6.45) is 3.15. The van der Waals surface area contributed by atoms with Gasteiger partial charge in [0, 0.05) is 38.0 Å². The van der Waals surface area contributed by atoms with Crippen LogP contribution in [0.3, 0.4) is 0 Å². The van der Waals surface area contributed by atoms with Crippen LogP contribution in [0.25, 0.3) is 10.2 Å². The molecule has 0 spiro atoms. The average Bonchev–Trinajstić information content (AvgIpc) is 2.83. The molecule has 2 aliphatic rings. The molecule has 5 rings (SSSR count). The molecule has 2 heterocycles. The Labute approximate surface area is 514 Å². The van der Waals surface area contributed by atoms with Crippen LogP contribution in [-0.2, 0) is 49.6 Å². The first-order chi connectivity index (χ1) is 40.5. The van der Waals surface area contributed by atoms with E-state index in [2.05, 4.69) is 47.5 Å². The van der Waals surface area contributed by atoms with Crippen molar-refractivity contribution in [2.75, 3.05) is 33.7 Å². The molecular formula is C62H92F2N12O10S. The fourth-order valence-corrected chi connectivity index (χ4v) is 11.8. The van der Waals surface area contributed by atoms with Crippen LogP contribution < -0.4 is 42.5 Å². The predicted octanol–water partition coefficient (Wildman–Crippen LogP) is 4.59. The van der Waals surface area contributed by atoms with E-state index >= 15 is 0 Å². The minimum Gasteiger partial charge on any atom is -0.354 e. The Morgan fingerprint density at radius 3 is 1.75 bits per heavy atom. The number of nitrogens with one attached hydrogen (secondary N) is 8. The topological polar surface area (TPSA) is 290 Å². The maximum absolute atomic E-state index is 14.9. The summed E-state index contributed by atoms with van der Waals surface area (Å²) < 4.78 is 28.7. The van der Waals surface area contributed by atoms with Gasteiger partial charge in [0.2, 0.25) is 53.7 Å². The summed E-state index contributed by atoms with van der Waals surface area (Å²) >= 11 is 1.11. The first kappa shape index (κ1) is 70.6. The molecular weight excluding hydrogens is 1140 g/mol. The number of thiazole rings is 1. The van der Waals surface area contributed by atoms with Crippen molar-refractivity contribution < 1.29 is 56.7 Å². The lowest BCUT2D eigenvalue weighted by Crippen LogP contribution is -2.65. The highest BCUT2D eigenvalue weighted by molar-refractivity contribution is 7.18. The van der Waals surface area contributed by atoms with E-state index in [-0.39, 0.29) is 86.4 Å². The van der Waals surface area contributed by atoms with E-state index in [1.807, 2.05) is 60.5 Å². The molecule has 10 amide bonds. The van der Waals surface area contributed by atoms with Crippen molar-refractivity contribution in [3.8, 4) is 0 Å². The van der Waals surface area contributed by atoms with Crippen LogP contribution in [0.5, 0.6) is 0 Å². The molecule has 1 saturated heterocycles. The van der Waals surface area contributed by atoms with Crippen molar-refractivity contribution in [2.24, 2.45) is 17.8 Å². The molecule has 2 fully saturated rings. The fourth-order valence-electron chi connectivity index (χ4n) is 10.7. The molecule has 0 bridgehead atoms. The highest BCUT2D eigenvalue weighted by Gasteiger charge is 2.44. The maximum atomic E-state index is 14.9. The molecule has 87 heavy (non-hydrogen) atoms. The van der Waals surface area contributed by atoms with Gasteiger partial charge in [0.25, 0.3) is 5.91 Å². The standard InChI is InChI=1S/C62H92F2N12O10S/c1-36(2)29-43(51(79)67-44(30-37(3)4)52(80)72-61(11,12)58(86)73-59(7,8)56(84)65-27-24-48(78)70-62(25-16-26-62)34-74(13)14)69-57(85)60(9,10)71-53(81)45(31-38(5)6)68-54(82)46(33-49-66-42-23-22-41(64)32-47(42)87-49)76(35-77)50-17-15-28-75(50)55(83)39-18-20-40(63)21-19-39/h18-23,32,35-38,43-46,50H,15-17,24-31,33-34H2,1-14H3,(H,65,84)(H,67,79)(H,68,82)(H,69,85)(H,70,78)(H,71,81)(H,72,80)(H,73,86)/t43-,44-,45-,46-,50+/m0/s1. The molecule has 1 aliphatic heterocycles. The Morgan fingerprint density at radius 1 is 0.690 bits per heavy atom. The van der Waals surface area contributed by atoms with Gasteiger partial charge in [-0.3, -0.25) is 47.9 Å². The van der Waals surface area contributed by atoms with E-state index in [9.17, 15) is 56.7 Å². The van der Waals surface area contributed by atoms with E-state index in [0.717, 1.165) is 42.7 Å². The van der Waals surface area contributed by atoms with Crippen LogP contribution in [-0.4, -0.2) is 165 Å². The number of halogens is 2. The molecule has 8 N–H and O–H groups in total. The SMILES string of the molecule is CC(C)C[C@H](NC(=O)[C@H](CC(C)C)NC(=O)C(C)(C)NC(=O)[C@H](CC(C)C)NC(=O)[C@H](Cc1nc2ccc(F)cc2s1)N(C=O)[C@@H]1CCCN1C(=O)c1ccc(F)cc1)C(=O)NC(C)(C)C(=O)NC(C)(C)C(=O)NCCC(=O)NC1(CN(C)C)CCC1. The molecule has 1 aliphatic carbocycles. The highest BCUT2D eigenvalue weighted by Crippen LogP contribution is 2.33. The van der Waals surface area contributed by atoms with E-state index in [4.69, 9.17) is 0 Å². The van der Waals surface area contributed by atoms with Crippen molar-refractivity contribution in [3.05, 3.63) is 64.7 Å². The molecule has 1 saturated carbocycles. The lowest BCUT2D eigenvalue weighted by atomic mass is 9.76. The van der Waals surface area contributed by atoms with Gasteiger partial charge in [-0.1, -0.05) is 41.5 Å². The van der Waals surface area contributed by atoms with Gasteiger partial charge in [-0.15, -0.1) is 11.3 Å². The molecule has 2 aromatic carbocycles. The summed E-state index contributed by atoms with van der Waals surface area (Å²) in [4.78, 5) is 149. The number of nitrogens with zero attached hydrogens (tertiary/aromatic N) is 4. The highest BCUT2D eigenvalue weighted by atomic mass is 32.1. The number of fused-ring (bicyclic) bond motifs is 1. The lowest BCUT2D eigenvalue weighted by Gasteiger charge is -2.44. The average molecular weight is 1240 g/mol. The molecule has 1 aromatic heterocycles. The third-order valence-electron chi connectivity index (χ3n) is 15.4. The van der Waals surface area contributed by atoms with E-state index in [1.165, 1.54) is 81.7 Å². The Balaban J connectivity index is 1.27. The largest absolute Gasteiger partial charge is 0.354 e. The maximum Gasteiger partial charge on any atom is 0.255 e. The van der Waals surface area contributed by atoms with E-state index in [1.54, 1.807) is 0 Å². The zero-order valence-corrected chi connectivity index (χ0v) is 53.8. The summed E-state index contributed by atoms with van der Waals surface area (Å²) in [7, 11) is 3.89. The molecule has 3 aromatic rings. The minimum atomic E-state index is -1.74. The molecule has 22 nitrogen and oxygen atoms in total.